The van der Waals surface area contributed by atoms with Crippen LogP contribution in [-0.4, -0.2) is 36.0 Å². The second kappa shape index (κ2) is 8.51. The molecule has 3 rings (SSSR count). The van der Waals surface area contributed by atoms with Crippen molar-refractivity contribution >= 4 is 11.7 Å². The Bertz CT molecular complexity index is 934. The van der Waals surface area contributed by atoms with Gasteiger partial charge < -0.3 is 14.8 Å². The molecular formula is C21H23N3O3. The Morgan fingerprint density at radius 1 is 1.07 bits per heavy atom. The van der Waals surface area contributed by atoms with E-state index in [1.54, 1.807) is 23.9 Å². The second-order valence-corrected chi connectivity index (χ2v) is 6.16. The molecule has 1 heterocycles. The third-order valence-electron chi connectivity index (χ3n) is 4.09. The maximum atomic E-state index is 12.9. The van der Waals surface area contributed by atoms with Crippen molar-refractivity contribution in [3.05, 3.63) is 71.4 Å². The number of amides is 1. The van der Waals surface area contributed by atoms with Crippen LogP contribution in [0.5, 0.6) is 5.75 Å². The van der Waals surface area contributed by atoms with Gasteiger partial charge in [0.15, 0.2) is 0 Å². The number of aryl methyl sites for hydroxylation is 2. The van der Waals surface area contributed by atoms with Crippen LogP contribution in [-0.2, 0) is 4.74 Å². The zero-order chi connectivity index (χ0) is 19.2. The molecule has 1 aromatic heterocycles. The number of benzene rings is 2. The first-order chi connectivity index (χ1) is 13.1. The molecule has 2 aromatic carbocycles. The fourth-order valence-corrected chi connectivity index (χ4v) is 2.77. The summed E-state index contributed by atoms with van der Waals surface area (Å²) in [5, 5.41) is 7.48. The SMILES string of the molecule is COCCOc1ccccc1C(=O)Nc1cc(C)nn1-c1ccccc1C. The van der Waals surface area contributed by atoms with Crippen molar-refractivity contribution in [3.8, 4) is 11.4 Å². The first kappa shape index (κ1) is 18.7. The Morgan fingerprint density at radius 2 is 1.81 bits per heavy atom. The van der Waals surface area contributed by atoms with Gasteiger partial charge in [-0.15, -0.1) is 0 Å². The molecule has 0 aliphatic heterocycles. The largest absolute Gasteiger partial charge is 0.490 e. The van der Waals surface area contributed by atoms with Gasteiger partial charge in [0.1, 0.15) is 18.2 Å². The number of para-hydroxylation sites is 2. The quantitative estimate of drug-likeness (QED) is 0.648. The smallest absolute Gasteiger partial charge is 0.260 e. The van der Waals surface area contributed by atoms with E-state index in [2.05, 4.69) is 10.4 Å². The summed E-state index contributed by atoms with van der Waals surface area (Å²) >= 11 is 0. The molecule has 27 heavy (non-hydrogen) atoms. The third kappa shape index (κ3) is 4.35. The van der Waals surface area contributed by atoms with E-state index in [0.29, 0.717) is 30.3 Å². The standard InChI is InChI=1S/C21H23N3O3/c1-15-8-4-6-10-18(15)24-20(14-16(2)23-24)22-21(25)17-9-5-7-11-19(17)27-13-12-26-3/h4-11,14H,12-13H2,1-3H3,(H,22,25). The van der Waals surface area contributed by atoms with E-state index >= 15 is 0 Å². The summed E-state index contributed by atoms with van der Waals surface area (Å²) in [7, 11) is 1.61. The number of carbonyl (C=O) groups excluding carboxylic acids is 1. The maximum Gasteiger partial charge on any atom is 0.260 e. The van der Waals surface area contributed by atoms with Crippen molar-refractivity contribution in [1.29, 1.82) is 0 Å². The Kier molecular flexibility index (Phi) is 5.88. The molecule has 140 valence electrons. The molecule has 0 aliphatic rings. The minimum Gasteiger partial charge on any atom is -0.490 e. The zero-order valence-electron chi connectivity index (χ0n) is 15.7. The molecule has 0 aliphatic carbocycles. The maximum absolute atomic E-state index is 12.9. The van der Waals surface area contributed by atoms with E-state index < -0.39 is 0 Å². The lowest BCUT2D eigenvalue weighted by Crippen LogP contribution is -2.17. The molecule has 0 unspecified atom stereocenters. The van der Waals surface area contributed by atoms with Crippen molar-refractivity contribution < 1.29 is 14.3 Å². The van der Waals surface area contributed by atoms with E-state index in [1.807, 2.05) is 56.3 Å². The number of carbonyl (C=O) groups is 1. The molecule has 0 saturated carbocycles. The molecule has 0 bridgehead atoms. The highest BCUT2D eigenvalue weighted by molar-refractivity contribution is 6.06. The van der Waals surface area contributed by atoms with Gasteiger partial charge in [-0.25, -0.2) is 4.68 Å². The van der Waals surface area contributed by atoms with Gasteiger partial charge in [-0.05, 0) is 37.6 Å². The van der Waals surface area contributed by atoms with Crippen molar-refractivity contribution in [2.24, 2.45) is 0 Å². The summed E-state index contributed by atoms with van der Waals surface area (Å²) in [6, 6.07) is 16.9. The molecule has 6 heteroatoms. The summed E-state index contributed by atoms with van der Waals surface area (Å²) < 4.78 is 12.4. The van der Waals surface area contributed by atoms with Crippen LogP contribution in [0, 0.1) is 13.8 Å². The zero-order valence-corrected chi connectivity index (χ0v) is 15.7. The van der Waals surface area contributed by atoms with Gasteiger partial charge in [-0.2, -0.15) is 5.10 Å². The number of methoxy groups -OCH3 is 1. The van der Waals surface area contributed by atoms with Gasteiger partial charge in [0.25, 0.3) is 5.91 Å². The summed E-state index contributed by atoms with van der Waals surface area (Å²) in [5.74, 6) is 0.877. The van der Waals surface area contributed by atoms with Gasteiger partial charge >= 0.3 is 0 Å². The van der Waals surface area contributed by atoms with Crippen LogP contribution in [0.15, 0.2) is 54.6 Å². The molecule has 1 N–H and O–H groups in total. The molecular weight excluding hydrogens is 342 g/mol. The number of nitrogens with one attached hydrogen (secondary N) is 1. The van der Waals surface area contributed by atoms with Gasteiger partial charge in [-0.1, -0.05) is 30.3 Å². The highest BCUT2D eigenvalue weighted by atomic mass is 16.5. The molecule has 0 spiro atoms. The summed E-state index contributed by atoms with van der Waals surface area (Å²) in [6.45, 7) is 4.74. The van der Waals surface area contributed by atoms with Gasteiger partial charge in [0.05, 0.1) is 23.6 Å². The van der Waals surface area contributed by atoms with Gasteiger partial charge in [0, 0.05) is 13.2 Å². The Hall–Kier alpha value is -3.12. The van der Waals surface area contributed by atoms with Crippen LogP contribution in [0.25, 0.3) is 5.69 Å². The lowest BCUT2D eigenvalue weighted by atomic mass is 10.2. The number of rotatable bonds is 7. The molecule has 0 saturated heterocycles. The molecule has 6 nitrogen and oxygen atoms in total. The number of aromatic nitrogens is 2. The van der Waals surface area contributed by atoms with E-state index in [0.717, 1.165) is 16.9 Å². The predicted octanol–water partition coefficient (Wildman–Crippen LogP) is 3.77. The van der Waals surface area contributed by atoms with E-state index in [1.165, 1.54) is 0 Å². The van der Waals surface area contributed by atoms with Crippen LogP contribution >= 0.6 is 0 Å². The van der Waals surface area contributed by atoms with Gasteiger partial charge in [-0.3, -0.25) is 4.79 Å². The molecule has 0 fully saturated rings. The Labute approximate surface area is 158 Å². The van der Waals surface area contributed by atoms with Crippen LogP contribution < -0.4 is 10.1 Å². The Morgan fingerprint density at radius 3 is 2.59 bits per heavy atom. The van der Waals surface area contributed by atoms with Crippen molar-refractivity contribution in [3.63, 3.8) is 0 Å². The summed E-state index contributed by atoms with van der Waals surface area (Å²) in [4.78, 5) is 12.9. The average Bonchev–Trinajstić information content (AvgIpc) is 3.02. The second-order valence-electron chi connectivity index (χ2n) is 6.16. The topological polar surface area (TPSA) is 65.4 Å². The van der Waals surface area contributed by atoms with Crippen molar-refractivity contribution in [2.45, 2.75) is 13.8 Å². The molecule has 1 amide bonds. The predicted molar refractivity (Wildman–Crippen MR) is 105 cm³/mol. The highest BCUT2D eigenvalue weighted by Crippen LogP contribution is 2.23. The van der Waals surface area contributed by atoms with Crippen LogP contribution in [0.3, 0.4) is 0 Å². The minimum atomic E-state index is -0.252. The molecule has 0 radical (unpaired) electrons. The van der Waals surface area contributed by atoms with E-state index in [4.69, 9.17) is 9.47 Å². The number of anilines is 1. The first-order valence-corrected chi connectivity index (χ1v) is 8.75. The van der Waals surface area contributed by atoms with Gasteiger partial charge in [0.2, 0.25) is 0 Å². The van der Waals surface area contributed by atoms with E-state index in [9.17, 15) is 4.79 Å². The van der Waals surface area contributed by atoms with Crippen LogP contribution in [0.2, 0.25) is 0 Å². The fraction of sp³-hybridized carbons (Fsp3) is 0.238. The normalized spacial score (nSPS) is 10.6. The lowest BCUT2D eigenvalue weighted by Gasteiger charge is -2.13. The van der Waals surface area contributed by atoms with Crippen LogP contribution in [0.4, 0.5) is 5.82 Å². The van der Waals surface area contributed by atoms with Crippen molar-refractivity contribution in [2.75, 3.05) is 25.6 Å². The van der Waals surface area contributed by atoms with Crippen molar-refractivity contribution in [1.82, 2.24) is 9.78 Å². The summed E-state index contributed by atoms with van der Waals surface area (Å²) in [5.41, 5.74) is 3.27. The lowest BCUT2D eigenvalue weighted by molar-refractivity contribution is 0.101. The molecule has 3 aromatic rings. The van der Waals surface area contributed by atoms with E-state index in [-0.39, 0.29) is 5.91 Å². The average molecular weight is 365 g/mol. The number of hydrogen-bond donors (Lipinski definition) is 1. The third-order valence-corrected chi connectivity index (χ3v) is 4.09. The monoisotopic (exact) mass is 365 g/mol. The Balaban J connectivity index is 1.87. The number of hydrogen-bond acceptors (Lipinski definition) is 4. The molecule has 0 atom stereocenters. The number of ether oxygens (including phenoxy) is 2. The highest BCUT2D eigenvalue weighted by Gasteiger charge is 2.16. The minimum absolute atomic E-state index is 0.252. The first-order valence-electron chi connectivity index (χ1n) is 8.75. The number of nitrogens with zero attached hydrogens (tertiary/aromatic N) is 2. The van der Waals surface area contributed by atoms with Crippen LogP contribution in [0.1, 0.15) is 21.6 Å². The summed E-state index contributed by atoms with van der Waals surface area (Å²) in [6.07, 6.45) is 0. The fourth-order valence-electron chi connectivity index (χ4n) is 2.77.